The molecule has 134 valence electrons. The number of ether oxygens (including phenoxy) is 1. The molecule has 2 aliphatic rings. The Morgan fingerprint density at radius 3 is 2.58 bits per heavy atom. The first kappa shape index (κ1) is 19.5. The smallest absolute Gasteiger partial charge is 0.222 e. The summed E-state index contributed by atoms with van der Waals surface area (Å²) in [5.74, 6) is 1.07. The SMILES string of the molecule is COc1ccc(CCC(=O)N(C)C2CC3CCC(C2)N3)cc1Br.Cl. The van der Waals surface area contributed by atoms with Crippen molar-refractivity contribution in [2.24, 2.45) is 0 Å². The molecule has 2 saturated heterocycles. The van der Waals surface area contributed by atoms with Gasteiger partial charge in [-0.05, 0) is 65.7 Å². The Hall–Kier alpha value is -0.780. The molecule has 0 spiro atoms. The number of carbonyl (C=O) groups excluding carboxylic acids is 1. The molecule has 0 aromatic heterocycles. The lowest BCUT2D eigenvalue weighted by Crippen LogP contribution is -2.48. The van der Waals surface area contributed by atoms with Crippen LogP contribution in [0.1, 0.15) is 37.7 Å². The van der Waals surface area contributed by atoms with Gasteiger partial charge in [0, 0.05) is 31.6 Å². The van der Waals surface area contributed by atoms with Gasteiger partial charge in [-0.25, -0.2) is 0 Å². The zero-order valence-electron chi connectivity index (χ0n) is 14.3. The molecule has 2 fully saturated rings. The molecular formula is C18H26BrClN2O2. The lowest BCUT2D eigenvalue weighted by Gasteiger charge is -2.35. The average molecular weight is 418 g/mol. The maximum Gasteiger partial charge on any atom is 0.222 e. The van der Waals surface area contributed by atoms with Gasteiger partial charge in [0.05, 0.1) is 11.6 Å². The molecule has 1 N–H and O–H groups in total. The second kappa shape index (κ2) is 8.54. The van der Waals surface area contributed by atoms with Crippen molar-refractivity contribution in [3.05, 3.63) is 28.2 Å². The Morgan fingerprint density at radius 1 is 1.33 bits per heavy atom. The third-order valence-corrected chi connectivity index (χ3v) is 5.85. The number of amides is 1. The van der Waals surface area contributed by atoms with Crippen LogP contribution in [0.3, 0.4) is 0 Å². The van der Waals surface area contributed by atoms with Crippen LogP contribution in [0, 0.1) is 0 Å². The van der Waals surface area contributed by atoms with Crippen LogP contribution in [0.15, 0.2) is 22.7 Å². The summed E-state index contributed by atoms with van der Waals surface area (Å²) >= 11 is 3.50. The predicted octanol–water partition coefficient (Wildman–Crippen LogP) is 3.55. The minimum atomic E-state index is 0. The molecule has 0 saturated carbocycles. The normalized spacial score (nSPS) is 25.0. The molecule has 1 aromatic carbocycles. The van der Waals surface area contributed by atoms with Gasteiger partial charge in [-0.15, -0.1) is 12.4 Å². The third-order valence-electron chi connectivity index (χ3n) is 5.23. The standard InChI is InChI=1S/C18H25BrN2O2.ClH/c1-21(15-10-13-5-6-14(11-15)20-13)18(22)8-4-12-3-7-17(23-2)16(19)9-12;/h3,7,9,13-15,20H,4-6,8,10-11H2,1-2H3;1H. The fourth-order valence-corrected chi connectivity index (χ4v) is 4.43. The van der Waals surface area contributed by atoms with Crippen LogP contribution in [-0.4, -0.2) is 43.1 Å². The molecular weight excluding hydrogens is 392 g/mol. The fraction of sp³-hybridized carbons (Fsp3) is 0.611. The first-order valence-corrected chi connectivity index (χ1v) is 9.20. The third kappa shape index (κ3) is 4.44. The predicted molar refractivity (Wildman–Crippen MR) is 102 cm³/mol. The number of carbonyl (C=O) groups is 1. The molecule has 0 aliphatic carbocycles. The number of hydrogen-bond donors (Lipinski definition) is 1. The van der Waals surface area contributed by atoms with Gasteiger partial charge < -0.3 is 15.0 Å². The number of rotatable bonds is 5. The number of methoxy groups -OCH3 is 1. The maximum atomic E-state index is 12.5. The molecule has 6 heteroatoms. The number of benzene rings is 1. The zero-order chi connectivity index (χ0) is 16.4. The summed E-state index contributed by atoms with van der Waals surface area (Å²) in [5, 5.41) is 3.63. The molecule has 2 bridgehead atoms. The van der Waals surface area contributed by atoms with E-state index in [-0.39, 0.29) is 18.3 Å². The van der Waals surface area contributed by atoms with E-state index in [1.807, 2.05) is 30.1 Å². The van der Waals surface area contributed by atoms with E-state index in [1.165, 1.54) is 12.8 Å². The Labute approximate surface area is 158 Å². The summed E-state index contributed by atoms with van der Waals surface area (Å²) in [7, 11) is 3.63. The highest BCUT2D eigenvalue weighted by Gasteiger charge is 2.36. The molecule has 0 radical (unpaired) electrons. The molecule has 1 amide bonds. The van der Waals surface area contributed by atoms with Gasteiger partial charge >= 0.3 is 0 Å². The minimum Gasteiger partial charge on any atom is -0.496 e. The van der Waals surface area contributed by atoms with E-state index in [0.717, 1.165) is 35.0 Å². The van der Waals surface area contributed by atoms with Crippen molar-refractivity contribution in [3.8, 4) is 5.75 Å². The van der Waals surface area contributed by atoms with Gasteiger partial charge in [-0.2, -0.15) is 0 Å². The van der Waals surface area contributed by atoms with Gasteiger partial charge in [-0.1, -0.05) is 6.07 Å². The van der Waals surface area contributed by atoms with E-state index >= 15 is 0 Å². The van der Waals surface area contributed by atoms with Crippen LogP contribution in [0.5, 0.6) is 5.75 Å². The van der Waals surface area contributed by atoms with Gasteiger partial charge in [0.15, 0.2) is 0 Å². The highest BCUT2D eigenvalue weighted by Crippen LogP contribution is 2.30. The molecule has 1 aromatic rings. The van der Waals surface area contributed by atoms with E-state index in [4.69, 9.17) is 4.74 Å². The highest BCUT2D eigenvalue weighted by molar-refractivity contribution is 9.10. The van der Waals surface area contributed by atoms with Crippen LogP contribution in [0.25, 0.3) is 0 Å². The van der Waals surface area contributed by atoms with Gasteiger partial charge in [-0.3, -0.25) is 4.79 Å². The number of hydrogen-bond acceptors (Lipinski definition) is 3. The van der Waals surface area contributed by atoms with Crippen LogP contribution in [0.4, 0.5) is 0 Å². The van der Waals surface area contributed by atoms with Gasteiger partial charge in [0.25, 0.3) is 0 Å². The molecule has 2 unspecified atom stereocenters. The first-order chi connectivity index (χ1) is 11.1. The topological polar surface area (TPSA) is 41.6 Å². The van der Waals surface area contributed by atoms with E-state index in [9.17, 15) is 4.79 Å². The summed E-state index contributed by atoms with van der Waals surface area (Å²) in [6, 6.07) is 7.65. The zero-order valence-corrected chi connectivity index (χ0v) is 16.7. The van der Waals surface area contributed by atoms with Crippen molar-refractivity contribution in [2.75, 3.05) is 14.2 Å². The number of fused-ring (bicyclic) bond motifs is 2. The number of aryl methyl sites for hydroxylation is 1. The molecule has 24 heavy (non-hydrogen) atoms. The number of piperidine rings is 1. The van der Waals surface area contributed by atoms with Crippen LogP contribution < -0.4 is 10.1 Å². The molecule has 3 rings (SSSR count). The fourth-order valence-electron chi connectivity index (χ4n) is 3.84. The second-order valence-corrected chi connectivity index (χ2v) is 7.59. The lowest BCUT2D eigenvalue weighted by molar-refractivity contribution is -0.132. The van der Waals surface area contributed by atoms with E-state index < -0.39 is 0 Å². The van der Waals surface area contributed by atoms with E-state index in [0.29, 0.717) is 24.5 Å². The molecule has 2 heterocycles. The second-order valence-electron chi connectivity index (χ2n) is 6.74. The van der Waals surface area contributed by atoms with E-state index in [2.05, 4.69) is 21.2 Å². The Balaban J connectivity index is 0.00000208. The Bertz CT molecular complexity index is 572. The quantitative estimate of drug-likeness (QED) is 0.796. The van der Waals surface area contributed by atoms with Crippen LogP contribution in [-0.2, 0) is 11.2 Å². The van der Waals surface area contributed by atoms with E-state index in [1.54, 1.807) is 7.11 Å². The lowest BCUT2D eigenvalue weighted by atomic mass is 9.98. The highest BCUT2D eigenvalue weighted by atomic mass is 79.9. The van der Waals surface area contributed by atoms with Crippen molar-refractivity contribution >= 4 is 34.2 Å². The number of nitrogens with zero attached hydrogens (tertiary/aromatic N) is 1. The largest absolute Gasteiger partial charge is 0.496 e. The molecule has 4 nitrogen and oxygen atoms in total. The van der Waals surface area contributed by atoms with Gasteiger partial charge in [0.1, 0.15) is 5.75 Å². The minimum absolute atomic E-state index is 0. The molecule has 2 aliphatic heterocycles. The van der Waals surface area contributed by atoms with Crippen LogP contribution in [0.2, 0.25) is 0 Å². The molecule has 2 atom stereocenters. The number of nitrogens with one attached hydrogen (secondary N) is 1. The Morgan fingerprint density at radius 2 is 2.00 bits per heavy atom. The van der Waals surface area contributed by atoms with Crippen LogP contribution >= 0.6 is 28.3 Å². The summed E-state index contributed by atoms with van der Waals surface area (Å²) in [6.45, 7) is 0. The van der Waals surface area contributed by atoms with Crippen molar-refractivity contribution in [2.45, 2.75) is 56.7 Å². The van der Waals surface area contributed by atoms with Crippen molar-refractivity contribution in [1.82, 2.24) is 10.2 Å². The van der Waals surface area contributed by atoms with Crippen molar-refractivity contribution in [3.63, 3.8) is 0 Å². The Kier molecular flexibility index (Phi) is 6.96. The van der Waals surface area contributed by atoms with Crippen molar-refractivity contribution in [1.29, 1.82) is 0 Å². The average Bonchev–Trinajstić information content (AvgIpc) is 2.90. The summed E-state index contributed by atoms with van der Waals surface area (Å²) in [4.78, 5) is 14.5. The summed E-state index contributed by atoms with van der Waals surface area (Å²) < 4.78 is 6.18. The monoisotopic (exact) mass is 416 g/mol. The summed E-state index contributed by atoms with van der Waals surface area (Å²) in [5.41, 5.74) is 1.16. The van der Waals surface area contributed by atoms with Crippen molar-refractivity contribution < 1.29 is 9.53 Å². The van der Waals surface area contributed by atoms with Gasteiger partial charge in [0.2, 0.25) is 5.91 Å². The number of halogens is 2. The summed E-state index contributed by atoms with van der Waals surface area (Å²) in [6.07, 6.45) is 6.07. The first-order valence-electron chi connectivity index (χ1n) is 8.41. The maximum absolute atomic E-state index is 12.5.